The number of anilines is 1. The van der Waals surface area contributed by atoms with Gasteiger partial charge < -0.3 is 24.4 Å². The molecule has 3 aromatic carbocycles. The van der Waals surface area contributed by atoms with Crippen LogP contribution in [0.1, 0.15) is 72.1 Å². The number of hydrogen-bond donors (Lipinski definition) is 1. The second-order valence-electron chi connectivity index (χ2n) is 14.0. The van der Waals surface area contributed by atoms with Crippen LogP contribution in [0.4, 0.5) is 5.69 Å². The molecule has 0 aliphatic carbocycles. The average Bonchev–Trinajstić information content (AvgIpc) is 3.11. The fourth-order valence-electron chi connectivity index (χ4n) is 6.61. The molecule has 2 aliphatic rings. The van der Waals surface area contributed by atoms with Crippen LogP contribution in [0.15, 0.2) is 82.0 Å². The minimum atomic E-state index is -0.919. The Morgan fingerprint density at radius 2 is 1.53 bits per heavy atom. The first kappa shape index (κ1) is 34.2. The molecule has 256 valence electrons. The van der Waals surface area contributed by atoms with E-state index in [2.05, 4.69) is 31.0 Å². The van der Waals surface area contributed by atoms with Crippen LogP contribution >= 0.6 is 11.6 Å². The maximum absolute atomic E-state index is 14.1. The number of benzene rings is 3. The lowest BCUT2D eigenvalue weighted by molar-refractivity contribution is -0.133. The van der Waals surface area contributed by atoms with Crippen molar-refractivity contribution >= 4 is 46.0 Å². The Kier molecular flexibility index (Phi) is 10.1. The van der Waals surface area contributed by atoms with Gasteiger partial charge in [0.15, 0.2) is 11.2 Å². The Balaban J connectivity index is 1.19. The predicted octanol–water partition coefficient (Wildman–Crippen LogP) is 6.06. The summed E-state index contributed by atoms with van der Waals surface area (Å²) in [6.45, 7) is 9.64. The van der Waals surface area contributed by atoms with Gasteiger partial charge in [-0.1, -0.05) is 62.7 Å². The van der Waals surface area contributed by atoms with Gasteiger partial charge >= 0.3 is 0 Å². The molecule has 4 aromatic rings. The lowest BCUT2D eigenvalue weighted by Crippen LogP contribution is -2.56. The second kappa shape index (κ2) is 14.5. The van der Waals surface area contributed by atoms with Crippen molar-refractivity contribution in [3.8, 4) is 0 Å². The number of likely N-dealkylation sites (tertiary alicyclic amines) is 1. The maximum Gasteiger partial charge on any atom is 0.287 e. The number of hydrogen-bond acceptors (Lipinski definition) is 6. The molecule has 3 heterocycles. The van der Waals surface area contributed by atoms with Crippen LogP contribution in [0.3, 0.4) is 0 Å². The van der Waals surface area contributed by atoms with Gasteiger partial charge in [0.25, 0.3) is 11.8 Å². The molecule has 2 saturated heterocycles. The highest BCUT2D eigenvalue weighted by Gasteiger charge is 2.31. The van der Waals surface area contributed by atoms with E-state index < -0.39 is 11.9 Å². The Hall–Kier alpha value is -4.63. The normalized spacial score (nSPS) is 16.0. The molecular weight excluding hydrogens is 640 g/mol. The van der Waals surface area contributed by atoms with E-state index in [-0.39, 0.29) is 34.8 Å². The highest BCUT2D eigenvalue weighted by atomic mass is 35.5. The Bertz CT molecular complexity index is 1900. The van der Waals surface area contributed by atoms with Gasteiger partial charge in [-0.25, -0.2) is 0 Å². The molecule has 0 bridgehead atoms. The molecule has 1 atom stereocenters. The van der Waals surface area contributed by atoms with Crippen LogP contribution in [-0.2, 0) is 16.6 Å². The maximum atomic E-state index is 14.1. The number of carbonyl (C=O) groups excluding carboxylic acids is 3. The molecular formula is C39H43ClN4O5. The molecule has 0 unspecified atom stereocenters. The number of fused-ring (bicyclic) bond motifs is 1. The minimum absolute atomic E-state index is 0.0505. The number of halogens is 1. The molecule has 3 amide bonds. The summed E-state index contributed by atoms with van der Waals surface area (Å²) in [4.78, 5) is 60.1. The van der Waals surface area contributed by atoms with E-state index in [4.69, 9.17) is 16.0 Å². The van der Waals surface area contributed by atoms with Gasteiger partial charge in [-0.2, -0.15) is 0 Å². The van der Waals surface area contributed by atoms with Crippen LogP contribution in [0, 0.1) is 0 Å². The third-order valence-electron chi connectivity index (χ3n) is 9.48. The fraction of sp³-hybridized carbons (Fsp3) is 0.385. The molecule has 10 heteroatoms. The third kappa shape index (κ3) is 7.83. The van der Waals surface area contributed by atoms with Crippen molar-refractivity contribution in [1.82, 2.24) is 15.1 Å². The van der Waals surface area contributed by atoms with Crippen LogP contribution in [0.2, 0.25) is 5.02 Å². The monoisotopic (exact) mass is 682 g/mol. The number of rotatable bonds is 7. The summed E-state index contributed by atoms with van der Waals surface area (Å²) in [5.74, 6) is -0.988. The van der Waals surface area contributed by atoms with Crippen molar-refractivity contribution in [3.05, 3.63) is 110 Å². The van der Waals surface area contributed by atoms with Crippen LogP contribution in [0.25, 0.3) is 11.0 Å². The smallest absolute Gasteiger partial charge is 0.287 e. The van der Waals surface area contributed by atoms with E-state index in [9.17, 15) is 19.2 Å². The highest BCUT2D eigenvalue weighted by molar-refractivity contribution is 6.30. The van der Waals surface area contributed by atoms with Gasteiger partial charge in [-0.05, 0) is 72.2 Å². The molecule has 0 saturated carbocycles. The van der Waals surface area contributed by atoms with Gasteiger partial charge in [0.2, 0.25) is 5.91 Å². The molecule has 2 aliphatic heterocycles. The molecule has 0 spiro atoms. The summed E-state index contributed by atoms with van der Waals surface area (Å²) in [6, 6.07) is 20.5. The van der Waals surface area contributed by atoms with Gasteiger partial charge in [0, 0.05) is 62.5 Å². The molecule has 9 nitrogen and oxygen atoms in total. The van der Waals surface area contributed by atoms with E-state index in [1.54, 1.807) is 29.2 Å². The first-order valence-electron chi connectivity index (χ1n) is 17.0. The first-order valence-corrected chi connectivity index (χ1v) is 17.4. The Morgan fingerprint density at radius 3 is 2.22 bits per heavy atom. The van der Waals surface area contributed by atoms with E-state index in [0.717, 1.165) is 49.2 Å². The molecule has 0 radical (unpaired) electrons. The third-order valence-corrected chi connectivity index (χ3v) is 9.74. The van der Waals surface area contributed by atoms with Gasteiger partial charge in [0.1, 0.15) is 11.6 Å². The van der Waals surface area contributed by atoms with Crippen molar-refractivity contribution in [1.29, 1.82) is 0 Å². The van der Waals surface area contributed by atoms with Crippen molar-refractivity contribution < 1.29 is 18.8 Å². The lowest BCUT2D eigenvalue weighted by Gasteiger charge is -2.38. The van der Waals surface area contributed by atoms with E-state index >= 15 is 0 Å². The number of amides is 3. The fourth-order valence-corrected chi connectivity index (χ4v) is 6.73. The predicted molar refractivity (Wildman–Crippen MR) is 193 cm³/mol. The molecule has 1 N–H and O–H groups in total. The lowest BCUT2D eigenvalue weighted by atomic mass is 9.86. The van der Waals surface area contributed by atoms with Gasteiger partial charge in [-0.15, -0.1) is 0 Å². The average molecular weight is 683 g/mol. The second-order valence-corrected chi connectivity index (χ2v) is 14.4. The topological polar surface area (TPSA) is 103 Å². The van der Waals surface area contributed by atoms with Gasteiger partial charge in [-0.3, -0.25) is 19.2 Å². The Morgan fingerprint density at radius 1 is 0.837 bits per heavy atom. The van der Waals surface area contributed by atoms with Crippen LogP contribution < -0.4 is 15.6 Å². The van der Waals surface area contributed by atoms with E-state index in [1.807, 2.05) is 47.4 Å². The first-order chi connectivity index (χ1) is 23.5. The largest absolute Gasteiger partial charge is 0.451 e. The number of para-hydroxylation sites is 1. The van der Waals surface area contributed by atoms with E-state index in [0.29, 0.717) is 47.7 Å². The van der Waals surface area contributed by atoms with Crippen molar-refractivity contribution in [2.75, 3.05) is 44.2 Å². The van der Waals surface area contributed by atoms with Crippen LogP contribution in [-0.4, -0.2) is 72.8 Å². The number of piperazine rings is 1. The standard InChI is InChI=1S/C39H43ClN4O5/c1-39(2,3)27-13-16-34-30(24-27)33(45)25-35(49-34)36(46)41-31(23-26-11-14-28(40)15-12-26)38(48)44-21-19-42(20-22-44)32-10-6-5-9-29(32)37(47)43-17-7-4-8-18-43/h5-6,9-16,24-25,31H,4,7-8,17-23H2,1-3H3,(H,41,46)/t31-/m1/s1. The van der Waals surface area contributed by atoms with Crippen molar-refractivity contribution in [2.24, 2.45) is 0 Å². The number of piperidine rings is 1. The zero-order valence-corrected chi connectivity index (χ0v) is 29.1. The Labute approximate surface area is 291 Å². The molecule has 1 aromatic heterocycles. The highest BCUT2D eigenvalue weighted by Crippen LogP contribution is 2.27. The van der Waals surface area contributed by atoms with E-state index in [1.165, 1.54) is 6.07 Å². The zero-order valence-electron chi connectivity index (χ0n) is 28.3. The number of nitrogens with one attached hydrogen (secondary N) is 1. The summed E-state index contributed by atoms with van der Waals surface area (Å²) in [5, 5.41) is 3.83. The summed E-state index contributed by atoms with van der Waals surface area (Å²) in [7, 11) is 0. The summed E-state index contributed by atoms with van der Waals surface area (Å²) < 4.78 is 5.91. The van der Waals surface area contributed by atoms with Crippen molar-refractivity contribution in [3.63, 3.8) is 0 Å². The van der Waals surface area contributed by atoms with Crippen molar-refractivity contribution in [2.45, 2.75) is 57.9 Å². The molecule has 6 rings (SSSR count). The summed E-state index contributed by atoms with van der Waals surface area (Å²) in [5.41, 5.74) is 3.18. The minimum Gasteiger partial charge on any atom is -0.451 e. The zero-order chi connectivity index (χ0) is 34.7. The quantitative estimate of drug-likeness (QED) is 0.254. The number of carbonyl (C=O) groups is 3. The summed E-state index contributed by atoms with van der Waals surface area (Å²) >= 11 is 6.12. The SMILES string of the molecule is CC(C)(C)c1ccc2oc(C(=O)N[C@H](Cc3ccc(Cl)cc3)C(=O)N3CCN(c4ccccc4C(=O)N4CCCCC4)CC3)cc(=O)c2c1. The number of nitrogens with zero attached hydrogens (tertiary/aromatic N) is 3. The molecule has 2 fully saturated rings. The van der Waals surface area contributed by atoms with Gasteiger partial charge in [0.05, 0.1) is 10.9 Å². The molecule has 49 heavy (non-hydrogen) atoms. The summed E-state index contributed by atoms with van der Waals surface area (Å²) in [6.07, 6.45) is 3.42. The van der Waals surface area contributed by atoms with Crippen LogP contribution in [0.5, 0.6) is 0 Å².